The van der Waals surface area contributed by atoms with Crippen molar-refractivity contribution < 1.29 is 0 Å². The third kappa shape index (κ3) is 3.89. The summed E-state index contributed by atoms with van der Waals surface area (Å²) in [7, 11) is 0. The number of rotatable bonds is 7. The van der Waals surface area contributed by atoms with Crippen LogP contribution in [0.15, 0.2) is 0 Å². The van der Waals surface area contributed by atoms with Crippen LogP contribution in [0.25, 0.3) is 0 Å². The zero-order chi connectivity index (χ0) is 11.0. The van der Waals surface area contributed by atoms with Crippen molar-refractivity contribution in [3.8, 4) is 6.07 Å². The van der Waals surface area contributed by atoms with Gasteiger partial charge in [0, 0.05) is 11.3 Å². The summed E-state index contributed by atoms with van der Waals surface area (Å²) in [4.78, 5) is 0. The van der Waals surface area contributed by atoms with Gasteiger partial charge >= 0.3 is 0 Å². The molecule has 0 amide bonds. The van der Waals surface area contributed by atoms with E-state index in [-0.39, 0.29) is 6.04 Å². The van der Waals surface area contributed by atoms with E-state index < -0.39 is 0 Å². The van der Waals surface area contributed by atoms with Crippen molar-refractivity contribution >= 4 is 11.8 Å². The zero-order valence-corrected chi connectivity index (χ0v) is 10.6. The van der Waals surface area contributed by atoms with Gasteiger partial charge in [0.2, 0.25) is 0 Å². The van der Waals surface area contributed by atoms with Crippen LogP contribution in [-0.2, 0) is 0 Å². The largest absolute Gasteiger partial charge is 0.301 e. The highest BCUT2D eigenvalue weighted by Gasteiger charge is 2.25. The molecule has 0 spiro atoms. The standard InChI is InChI=1S/C11H22N2S/c1-5-10(8-12)13-9-11(6-2,7-3)14-4/h10,13H,5-7,9H2,1-4H3. The minimum Gasteiger partial charge on any atom is -0.301 e. The maximum absolute atomic E-state index is 8.82. The van der Waals surface area contributed by atoms with Gasteiger partial charge in [-0.15, -0.1) is 0 Å². The van der Waals surface area contributed by atoms with Crippen LogP contribution in [0.2, 0.25) is 0 Å². The number of hydrogen-bond donors (Lipinski definition) is 1. The lowest BCUT2D eigenvalue weighted by atomic mass is 10.0. The van der Waals surface area contributed by atoms with Crippen molar-refractivity contribution in [2.24, 2.45) is 0 Å². The number of nitrogens with one attached hydrogen (secondary N) is 1. The van der Waals surface area contributed by atoms with Crippen LogP contribution in [0.4, 0.5) is 0 Å². The monoisotopic (exact) mass is 214 g/mol. The highest BCUT2D eigenvalue weighted by Crippen LogP contribution is 2.29. The molecule has 0 radical (unpaired) electrons. The average molecular weight is 214 g/mol. The molecule has 0 fully saturated rings. The third-order valence-electron chi connectivity index (χ3n) is 2.96. The van der Waals surface area contributed by atoms with Gasteiger partial charge in [0.25, 0.3) is 0 Å². The first-order valence-electron chi connectivity index (χ1n) is 5.36. The first kappa shape index (κ1) is 13.8. The van der Waals surface area contributed by atoms with E-state index >= 15 is 0 Å². The molecule has 1 N–H and O–H groups in total. The Hall–Kier alpha value is -0.200. The van der Waals surface area contributed by atoms with Gasteiger partial charge in [0.15, 0.2) is 0 Å². The summed E-state index contributed by atoms with van der Waals surface area (Å²) >= 11 is 1.91. The quantitative estimate of drug-likeness (QED) is 0.708. The van der Waals surface area contributed by atoms with Gasteiger partial charge in [-0.1, -0.05) is 20.8 Å². The molecule has 0 aromatic heterocycles. The SMILES string of the molecule is CCC(C#N)NCC(CC)(CC)SC. The zero-order valence-electron chi connectivity index (χ0n) is 9.76. The predicted octanol–water partition coefficient (Wildman–Crippen LogP) is 2.80. The lowest BCUT2D eigenvalue weighted by molar-refractivity contribution is 0.468. The van der Waals surface area contributed by atoms with Crippen molar-refractivity contribution in [2.75, 3.05) is 12.8 Å². The van der Waals surface area contributed by atoms with Gasteiger partial charge in [0.05, 0.1) is 12.1 Å². The number of hydrogen-bond acceptors (Lipinski definition) is 3. The number of thioether (sulfide) groups is 1. The predicted molar refractivity (Wildman–Crippen MR) is 64.5 cm³/mol. The van der Waals surface area contributed by atoms with E-state index in [4.69, 9.17) is 5.26 Å². The van der Waals surface area contributed by atoms with Crippen molar-refractivity contribution in [1.29, 1.82) is 5.26 Å². The molecule has 0 saturated heterocycles. The molecular weight excluding hydrogens is 192 g/mol. The Kier molecular flexibility index (Phi) is 7.04. The Bertz CT molecular complexity index is 174. The molecule has 0 saturated carbocycles. The summed E-state index contributed by atoms with van der Waals surface area (Å²) in [5.41, 5.74) is 0. The van der Waals surface area contributed by atoms with Crippen LogP contribution in [0.3, 0.4) is 0 Å². The molecule has 0 aromatic rings. The molecule has 0 rings (SSSR count). The molecular formula is C11H22N2S. The Morgan fingerprint density at radius 1 is 1.36 bits per heavy atom. The Morgan fingerprint density at radius 3 is 2.21 bits per heavy atom. The van der Waals surface area contributed by atoms with Gasteiger partial charge in [-0.05, 0) is 25.5 Å². The fourth-order valence-corrected chi connectivity index (χ4v) is 2.26. The lowest BCUT2D eigenvalue weighted by Gasteiger charge is -2.30. The maximum atomic E-state index is 8.82. The second kappa shape index (κ2) is 7.14. The van der Waals surface area contributed by atoms with Gasteiger partial charge in [-0.25, -0.2) is 0 Å². The molecule has 14 heavy (non-hydrogen) atoms. The Balaban J connectivity index is 4.12. The van der Waals surface area contributed by atoms with Crippen molar-refractivity contribution in [2.45, 2.75) is 50.8 Å². The average Bonchev–Trinajstić information content (AvgIpc) is 2.26. The topological polar surface area (TPSA) is 35.8 Å². The maximum Gasteiger partial charge on any atom is 0.0950 e. The van der Waals surface area contributed by atoms with E-state index in [9.17, 15) is 0 Å². The first-order valence-corrected chi connectivity index (χ1v) is 6.58. The van der Waals surface area contributed by atoms with Crippen LogP contribution < -0.4 is 5.32 Å². The molecule has 1 unspecified atom stereocenters. The van der Waals surface area contributed by atoms with Gasteiger partial charge in [-0.2, -0.15) is 17.0 Å². The molecule has 3 heteroatoms. The summed E-state index contributed by atoms with van der Waals surface area (Å²) in [5, 5.41) is 12.2. The highest BCUT2D eigenvalue weighted by atomic mass is 32.2. The van der Waals surface area contributed by atoms with E-state index in [2.05, 4.69) is 31.5 Å². The number of nitrogens with zero attached hydrogens (tertiary/aromatic N) is 1. The van der Waals surface area contributed by atoms with Gasteiger partial charge in [-0.3, -0.25) is 0 Å². The summed E-state index contributed by atoms with van der Waals surface area (Å²) in [5.74, 6) is 0. The van der Waals surface area contributed by atoms with Crippen LogP contribution in [-0.4, -0.2) is 23.6 Å². The Labute approximate surface area is 92.5 Å². The van der Waals surface area contributed by atoms with E-state index in [1.807, 2.05) is 18.7 Å². The minimum absolute atomic E-state index is 0.0135. The fraction of sp³-hybridized carbons (Fsp3) is 0.909. The first-order chi connectivity index (χ1) is 6.67. The molecule has 0 aliphatic rings. The third-order valence-corrected chi connectivity index (χ3v) is 4.54. The lowest BCUT2D eigenvalue weighted by Crippen LogP contribution is -2.41. The molecule has 82 valence electrons. The normalized spacial score (nSPS) is 13.6. The summed E-state index contributed by atoms with van der Waals surface area (Å²) in [6.07, 6.45) is 5.34. The van der Waals surface area contributed by atoms with Crippen molar-refractivity contribution in [1.82, 2.24) is 5.32 Å². The van der Waals surface area contributed by atoms with Gasteiger partial charge < -0.3 is 5.32 Å². The highest BCUT2D eigenvalue weighted by molar-refractivity contribution is 8.00. The van der Waals surface area contributed by atoms with Gasteiger partial charge in [0.1, 0.15) is 0 Å². The minimum atomic E-state index is 0.0135. The molecule has 0 aliphatic heterocycles. The van der Waals surface area contributed by atoms with Crippen LogP contribution in [0.1, 0.15) is 40.0 Å². The molecule has 0 bridgehead atoms. The van der Waals surface area contributed by atoms with E-state index in [0.717, 1.165) is 25.8 Å². The molecule has 0 heterocycles. The molecule has 0 aliphatic carbocycles. The number of nitriles is 1. The summed E-state index contributed by atoms with van der Waals surface area (Å²) < 4.78 is 0.310. The van der Waals surface area contributed by atoms with E-state index in [1.54, 1.807) is 0 Å². The fourth-order valence-electron chi connectivity index (χ4n) is 1.45. The molecule has 2 nitrogen and oxygen atoms in total. The second-order valence-corrected chi connectivity index (χ2v) is 4.84. The molecule has 0 aromatic carbocycles. The van der Waals surface area contributed by atoms with Crippen molar-refractivity contribution in [3.63, 3.8) is 0 Å². The molecule has 1 atom stereocenters. The smallest absolute Gasteiger partial charge is 0.0950 e. The van der Waals surface area contributed by atoms with Crippen molar-refractivity contribution in [3.05, 3.63) is 0 Å². The van der Waals surface area contributed by atoms with Crippen LogP contribution in [0.5, 0.6) is 0 Å². The second-order valence-electron chi connectivity index (χ2n) is 3.57. The summed E-state index contributed by atoms with van der Waals surface area (Å²) in [6, 6.07) is 2.29. The Morgan fingerprint density at radius 2 is 1.93 bits per heavy atom. The van der Waals surface area contributed by atoms with E-state index in [0.29, 0.717) is 4.75 Å². The van der Waals surface area contributed by atoms with Crippen LogP contribution >= 0.6 is 11.8 Å². The van der Waals surface area contributed by atoms with Crippen LogP contribution in [0, 0.1) is 11.3 Å². The summed E-state index contributed by atoms with van der Waals surface area (Å²) in [6.45, 7) is 7.41. The van der Waals surface area contributed by atoms with E-state index in [1.165, 1.54) is 0 Å².